The molecule has 0 aliphatic heterocycles. The van der Waals surface area contributed by atoms with Crippen LogP contribution in [-0.4, -0.2) is 35.8 Å². The Balaban J connectivity index is 1.87. The van der Waals surface area contributed by atoms with E-state index in [9.17, 15) is 12.8 Å². The standard InChI is InChI=1S/C13H13FN4O2S2/c1-22(19,20)15-7-6-9-8-21-13-16-12(17-18(9)13)10-4-2-3-5-11(10)14/h2-5,8,15H,6-7H2,1H3. The van der Waals surface area contributed by atoms with E-state index in [-0.39, 0.29) is 12.4 Å². The van der Waals surface area contributed by atoms with Crippen molar-refractivity contribution in [3.63, 3.8) is 0 Å². The van der Waals surface area contributed by atoms with Crippen molar-refractivity contribution in [2.75, 3.05) is 12.8 Å². The molecule has 0 atom stereocenters. The highest BCUT2D eigenvalue weighted by atomic mass is 32.2. The molecule has 0 saturated heterocycles. The summed E-state index contributed by atoms with van der Waals surface area (Å²) in [6.07, 6.45) is 1.59. The number of aromatic nitrogens is 3. The first-order valence-electron chi connectivity index (χ1n) is 6.47. The van der Waals surface area contributed by atoms with Crippen molar-refractivity contribution in [1.29, 1.82) is 0 Å². The Morgan fingerprint density at radius 2 is 2.14 bits per heavy atom. The van der Waals surface area contributed by atoms with Crippen LogP contribution < -0.4 is 4.72 Å². The van der Waals surface area contributed by atoms with Crippen LogP contribution in [0.5, 0.6) is 0 Å². The molecule has 0 aliphatic carbocycles. The summed E-state index contributed by atoms with van der Waals surface area (Å²) in [5.74, 6) is -0.0525. The zero-order valence-corrected chi connectivity index (χ0v) is 13.3. The molecule has 6 nitrogen and oxygen atoms in total. The molecule has 116 valence electrons. The van der Waals surface area contributed by atoms with Crippen LogP contribution >= 0.6 is 11.3 Å². The van der Waals surface area contributed by atoms with Crippen molar-refractivity contribution in [3.8, 4) is 11.4 Å². The van der Waals surface area contributed by atoms with Gasteiger partial charge in [0.15, 0.2) is 5.82 Å². The Kier molecular flexibility index (Phi) is 3.94. The number of rotatable bonds is 5. The predicted molar refractivity (Wildman–Crippen MR) is 82.8 cm³/mol. The summed E-state index contributed by atoms with van der Waals surface area (Å²) >= 11 is 1.38. The van der Waals surface area contributed by atoms with Crippen LogP contribution in [0, 0.1) is 5.82 Å². The normalized spacial score (nSPS) is 12.1. The quantitative estimate of drug-likeness (QED) is 0.767. The number of thiazole rings is 1. The van der Waals surface area contributed by atoms with Crippen LogP contribution in [-0.2, 0) is 16.4 Å². The highest BCUT2D eigenvalue weighted by Crippen LogP contribution is 2.23. The van der Waals surface area contributed by atoms with Gasteiger partial charge in [0.25, 0.3) is 0 Å². The zero-order chi connectivity index (χ0) is 15.7. The number of nitrogens with zero attached hydrogens (tertiary/aromatic N) is 3. The SMILES string of the molecule is CS(=O)(=O)NCCc1csc2nc(-c3ccccc3F)nn12. The van der Waals surface area contributed by atoms with Crippen molar-refractivity contribution < 1.29 is 12.8 Å². The summed E-state index contributed by atoms with van der Waals surface area (Å²) in [6.45, 7) is 0.277. The fraction of sp³-hybridized carbons (Fsp3) is 0.231. The van der Waals surface area contributed by atoms with Crippen molar-refractivity contribution >= 4 is 26.3 Å². The van der Waals surface area contributed by atoms with E-state index in [1.54, 1.807) is 22.7 Å². The molecule has 0 spiro atoms. The van der Waals surface area contributed by atoms with Crippen molar-refractivity contribution in [2.24, 2.45) is 0 Å². The molecule has 0 aliphatic rings. The first-order valence-corrected chi connectivity index (χ1v) is 9.24. The van der Waals surface area contributed by atoms with Crippen LogP contribution in [0.25, 0.3) is 16.3 Å². The third kappa shape index (κ3) is 3.16. The lowest BCUT2D eigenvalue weighted by molar-refractivity contribution is 0.587. The van der Waals surface area contributed by atoms with E-state index < -0.39 is 10.0 Å². The Bertz CT molecular complexity index is 917. The van der Waals surface area contributed by atoms with Crippen molar-refractivity contribution in [3.05, 3.63) is 41.2 Å². The average Bonchev–Trinajstić information content (AvgIpc) is 2.99. The minimum Gasteiger partial charge on any atom is -0.215 e. The number of nitrogens with one attached hydrogen (secondary N) is 1. The highest BCUT2D eigenvalue weighted by Gasteiger charge is 2.14. The van der Waals surface area contributed by atoms with E-state index in [0.29, 0.717) is 22.8 Å². The molecule has 22 heavy (non-hydrogen) atoms. The van der Waals surface area contributed by atoms with Gasteiger partial charge in [0.2, 0.25) is 15.0 Å². The molecule has 3 rings (SSSR count). The summed E-state index contributed by atoms with van der Waals surface area (Å²) < 4.78 is 40.0. The van der Waals surface area contributed by atoms with Gasteiger partial charge in [-0.1, -0.05) is 12.1 Å². The second kappa shape index (κ2) is 5.75. The lowest BCUT2D eigenvalue weighted by Gasteiger charge is -2.00. The third-order valence-electron chi connectivity index (χ3n) is 3.01. The lowest BCUT2D eigenvalue weighted by Crippen LogP contribution is -2.24. The molecule has 9 heteroatoms. The van der Waals surface area contributed by atoms with Gasteiger partial charge < -0.3 is 0 Å². The van der Waals surface area contributed by atoms with E-state index in [2.05, 4.69) is 14.8 Å². The number of halogens is 1. The molecule has 0 saturated carbocycles. The molecule has 2 aromatic heterocycles. The molecule has 0 fully saturated rings. The Morgan fingerprint density at radius 3 is 2.86 bits per heavy atom. The van der Waals surface area contributed by atoms with E-state index >= 15 is 0 Å². The number of benzene rings is 1. The number of hydrogen-bond donors (Lipinski definition) is 1. The molecule has 0 unspecified atom stereocenters. The summed E-state index contributed by atoms with van der Waals surface area (Å²) in [5, 5.41) is 6.18. The molecule has 2 heterocycles. The van der Waals surface area contributed by atoms with E-state index in [1.807, 2.05) is 5.38 Å². The largest absolute Gasteiger partial charge is 0.215 e. The molecular formula is C13H13FN4O2S2. The Labute approximate surface area is 130 Å². The van der Waals surface area contributed by atoms with E-state index in [4.69, 9.17) is 0 Å². The van der Waals surface area contributed by atoms with Gasteiger partial charge in [-0.2, -0.15) is 4.98 Å². The minimum atomic E-state index is -3.22. The van der Waals surface area contributed by atoms with Gasteiger partial charge >= 0.3 is 0 Å². The lowest BCUT2D eigenvalue weighted by atomic mass is 10.2. The fourth-order valence-electron chi connectivity index (χ4n) is 2.02. The number of fused-ring (bicyclic) bond motifs is 1. The fourth-order valence-corrected chi connectivity index (χ4v) is 3.35. The average molecular weight is 340 g/mol. The molecule has 1 aromatic carbocycles. The maximum absolute atomic E-state index is 13.8. The van der Waals surface area contributed by atoms with Gasteiger partial charge in [-0.3, -0.25) is 0 Å². The van der Waals surface area contributed by atoms with Crippen LogP contribution in [0.4, 0.5) is 4.39 Å². The molecule has 0 radical (unpaired) electrons. The van der Waals surface area contributed by atoms with Gasteiger partial charge in [0, 0.05) is 18.3 Å². The maximum atomic E-state index is 13.8. The molecule has 3 aromatic rings. The van der Waals surface area contributed by atoms with Crippen LogP contribution in [0.1, 0.15) is 5.69 Å². The van der Waals surface area contributed by atoms with Gasteiger partial charge in [-0.05, 0) is 12.1 Å². The van der Waals surface area contributed by atoms with Gasteiger partial charge in [0.1, 0.15) is 5.82 Å². The van der Waals surface area contributed by atoms with Gasteiger partial charge in [0.05, 0.1) is 17.5 Å². The Morgan fingerprint density at radius 1 is 1.36 bits per heavy atom. The molecular weight excluding hydrogens is 327 g/mol. The summed E-state index contributed by atoms with van der Waals surface area (Å²) in [4.78, 5) is 4.96. The Hall–Kier alpha value is -1.84. The first kappa shape index (κ1) is 15.1. The summed E-state index contributed by atoms with van der Waals surface area (Å²) in [7, 11) is -3.22. The molecule has 0 amide bonds. The van der Waals surface area contributed by atoms with Crippen molar-refractivity contribution in [1.82, 2.24) is 19.3 Å². The molecule has 0 bridgehead atoms. The smallest absolute Gasteiger partial charge is 0.212 e. The van der Waals surface area contributed by atoms with Gasteiger partial charge in [-0.25, -0.2) is 22.0 Å². The van der Waals surface area contributed by atoms with Crippen LogP contribution in [0.15, 0.2) is 29.6 Å². The second-order valence-electron chi connectivity index (χ2n) is 4.75. The summed E-state index contributed by atoms with van der Waals surface area (Å²) in [6, 6.07) is 6.32. The van der Waals surface area contributed by atoms with Crippen LogP contribution in [0.2, 0.25) is 0 Å². The molecule has 1 N–H and O–H groups in total. The second-order valence-corrected chi connectivity index (χ2v) is 7.42. The minimum absolute atomic E-state index is 0.277. The summed E-state index contributed by atoms with van der Waals surface area (Å²) in [5.41, 5.74) is 1.17. The van der Waals surface area contributed by atoms with Gasteiger partial charge in [-0.15, -0.1) is 16.4 Å². The third-order valence-corrected chi connectivity index (χ3v) is 4.60. The van der Waals surface area contributed by atoms with Crippen LogP contribution in [0.3, 0.4) is 0 Å². The van der Waals surface area contributed by atoms with E-state index in [0.717, 1.165) is 11.9 Å². The first-order chi connectivity index (χ1) is 10.4. The monoisotopic (exact) mass is 340 g/mol. The zero-order valence-electron chi connectivity index (χ0n) is 11.7. The van der Waals surface area contributed by atoms with E-state index in [1.165, 1.54) is 17.4 Å². The van der Waals surface area contributed by atoms with Crippen molar-refractivity contribution in [2.45, 2.75) is 6.42 Å². The maximum Gasteiger partial charge on any atom is 0.212 e. The topological polar surface area (TPSA) is 76.4 Å². The highest BCUT2D eigenvalue weighted by molar-refractivity contribution is 7.88. The number of hydrogen-bond acceptors (Lipinski definition) is 5. The number of sulfonamides is 1. The predicted octanol–water partition coefficient (Wildman–Crippen LogP) is 1.69.